The first-order valence-electron chi connectivity index (χ1n) is 6.69. The van der Waals surface area contributed by atoms with Crippen molar-refractivity contribution in [2.45, 2.75) is 32.2 Å². The Morgan fingerprint density at radius 3 is 3.00 bits per heavy atom. The maximum Gasteiger partial charge on any atom is 0.261 e. The van der Waals surface area contributed by atoms with Gasteiger partial charge in [0.15, 0.2) is 0 Å². The van der Waals surface area contributed by atoms with Gasteiger partial charge in [-0.2, -0.15) is 0 Å². The molecule has 4 N–H and O–H groups in total. The van der Waals surface area contributed by atoms with E-state index in [2.05, 4.69) is 20.5 Å². The van der Waals surface area contributed by atoms with E-state index in [0.29, 0.717) is 10.1 Å². The van der Waals surface area contributed by atoms with Gasteiger partial charge in [-0.25, -0.2) is 0 Å². The molecule has 1 unspecified atom stereocenters. The zero-order valence-corrected chi connectivity index (χ0v) is 12.3. The number of nitrogens with one attached hydrogen (secondary N) is 2. The van der Waals surface area contributed by atoms with Crippen LogP contribution in [0.4, 0.5) is 5.13 Å². The first-order chi connectivity index (χ1) is 10.0. The molecule has 0 saturated carbocycles. The Hall–Kier alpha value is -2.22. The molecular weight excluding hydrogens is 290 g/mol. The SMILES string of the molecule is CC(NC(=O)c1cc2c([nH]c1=O)CCC2)c1nnc(N)s1. The van der Waals surface area contributed by atoms with E-state index >= 15 is 0 Å². The molecule has 2 heterocycles. The van der Waals surface area contributed by atoms with Crippen LogP contribution in [0.1, 0.15) is 46.0 Å². The highest BCUT2D eigenvalue weighted by Gasteiger charge is 2.20. The van der Waals surface area contributed by atoms with Crippen LogP contribution in [0.15, 0.2) is 10.9 Å². The molecule has 1 amide bonds. The average molecular weight is 305 g/mol. The van der Waals surface area contributed by atoms with Gasteiger partial charge in [-0.3, -0.25) is 9.59 Å². The molecule has 1 aliphatic rings. The van der Waals surface area contributed by atoms with E-state index in [4.69, 9.17) is 5.73 Å². The summed E-state index contributed by atoms with van der Waals surface area (Å²) in [5.74, 6) is -0.410. The molecular formula is C13H15N5O2S. The normalized spacial score (nSPS) is 14.7. The number of amides is 1. The predicted molar refractivity (Wildman–Crippen MR) is 79.3 cm³/mol. The molecule has 3 rings (SSSR count). The number of H-pyrrole nitrogens is 1. The second kappa shape index (κ2) is 5.28. The number of aromatic amines is 1. The third-order valence-electron chi connectivity index (χ3n) is 3.51. The Morgan fingerprint density at radius 2 is 2.29 bits per heavy atom. The summed E-state index contributed by atoms with van der Waals surface area (Å²) < 4.78 is 0. The number of carbonyl (C=O) groups excluding carboxylic acids is 1. The van der Waals surface area contributed by atoms with Crippen molar-refractivity contribution in [3.63, 3.8) is 0 Å². The molecule has 0 radical (unpaired) electrons. The largest absolute Gasteiger partial charge is 0.374 e. The van der Waals surface area contributed by atoms with Crippen LogP contribution in [-0.4, -0.2) is 21.1 Å². The molecule has 7 nitrogen and oxygen atoms in total. The van der Waals surface area contributed by atoms with Gasteiger partial charge in [0.25, 0.3) is 11.5 Å². The summed E-state index contributed by atoms with van der Waals surface area (Å²) in [6, 6.07) is 1.34. The van der Waals surface area contributed by atoms with Crippen LogP contribution >= 0.6 is 11.3 Å². The number of anilines is 1. The van der Waals surface area contributed by atoms with Gasteiger partial charge in [0, 0.05) is 5.69 Å². The lowest BCUT2D eigenvalue weighted by molar-refractivity contribution is 0.0938. The standard InChI is InChI=1S/C13H15N5O2S/c1-6(12-17-18-13(14)21-12)15-10(19)8-5-7-3-2-4-9(7)16-11(8)20/h5-6H,2-4H2,1H3,(H2,14,18)(H,15,19)(H,16,20). The number of aryl methyl sites for hydroxylation is 2. The maximum atomic E-state index is 12.2. The van der Waals surface area contributed by atoms with Gasteiger partial charge in [0.2, 0.25) is 5.13 Å². The summed E-state index contributed by atoms with van der Waals surface area (Å²) in [7, 11) is 0. The Kier molecular flexibility index (Phi) is 3.46. The summed E-state index contributed by atoms with van der Waals surface area (Å²) in [6.07, 6.45) is 2.78. The van der Waals surface area contributed by atoms with Crippen molar-refractivity contribution in [2.75, 3.05) is 5.73 Å². The number of rotatable bonds is 3. The number of hydrogen-bond donors (Lipinski definition) is 3. The fourth-order valence-corrected chi connectivity index (χ4v) is 3.05. The van der Waals surface area contributed by atoms with Crippen molar-refractivity contribution in [3.8, 4) is 0 Å². The second-order valence-corrected chi connectivity index (χ2v) is 6.08. The molecule has 1 aliphatic carbocycles. The third kappa shape index (κ3) is 2.66. The smallest absolute Gasteiger partial charge is 0.261 e. The lowest BCUT2D eigenvalue weighted by Crippen LogP contribution is -2.32. The molecule has 0 bridgehead atoms. The summed E-state index contributed by atoms with van der Waals surface area (Å²) >= 11 is 1.21. The lowest BCUT2D eigenvalue weighted by atomic mass is 10.1. The minimum atomic E-state index is -0.410. The Bertz CT molecular complexity index is 751. The van der Waals surface area contributed by atoms with Crippen LogP contribution in [-0.2, 0) is 12.8 Å². The van der Waals surface area contributed by atoms with Crippen LogP contribution in [0.2, 0.25) is 0 Å². The number of nitrogens with zero attached hydrogens (tertiary/aromatic N) is 2. The van der Waals surface area contributed by atoms with Crippen LogP contribution in [0, 0.1) is 0 Å². The summed E-state index contributed by atoms with van der Waals surface area (Å²) in [5.41, 5.74) is 7.30. The highest BCUT2D eigenvalue weighted by Crippen LogP contribution is 2.21. The van der Waals surface area contributed by atoms with Crippen molar-refractivity contribution < 1.29 is 4.79 Å². The van der Waals surface area contributed by atoms with Gasteiger partial charge in [-0.15, -0.1) is 10.2 Å². The molecule has 1 atom stereocenters. The Labute approximate surface area is 124 Å². The summed E-state index contributed by atoms with van der Waals surface area (Å²) in [6.45, 7) is 1.78. The molecule has 0 spiro atoms. The zero-order valence-electron chi connectivity index (χ0n) is 11.5. The van der Waals surface area contributed by atoms with Crippen molar-refractivity contribution in [1.82, 2.24) is 20.5 Å². The van der Waals surface area contributed by atoms with Gasteiger partial charge < -0.3 is 16.0 Å². The molecule has 0 aromatic carbocycles. The summed E-state index contributed by atoms with van der Waals surface area (Å²) in [5, 5.41) is 11.3. The fraction of sp³-hybridized carbons (Fsp3) is 0.385. The van der Waals surface area contributed by atoms with Gasteiger partial charge in [-0.05, 0) is 37.8 Å². The van der Waals surface area contributed by atoms with E-state index in [1.807, 2.05) is 0 Å². The van der Waals surface area contributed by atoms with Crippen molar-refractivity contribution in [1.29, 1.82) is 0 Å². The minimum absolute atomic E-state index is 0.139. The van der Waals surface area contributed by atoms with Gasteiger partial charge in [0.1, 0.15) is 10.6 Å². The van der Waals surface area contributed by atoms with Crippen molar-refractivity contribution >= 4 is 22.4 Å². The van der Waals surface area contributed by atoms with E-state index < -0.39 is 5.91 Å². The second-order valence-electron chi connectivity index (χ2n) is 5.04. The van der Waals surface area contributed by atoms with Gasteiger partial charge >= 0.3 is 0 Å². The molecule has 8 heteroatoms. The van der Waals surface area contributed by atoms with Gasteiger partial charge in [-0.1, -0.05) is 11.3 Å². The predicted octanol–water partition coefficient (Wildman–Crippen LogP) is 0.788. The first-order valence-corrected chi connectivity index (χ1v) is 7.51. The minimum Gasteiger partial charge on any atom is -0.374 e. The number of aromatic nitrogens is 3. The molecule has 2 aromatic rings. The highest BCUT2D eigenvalue weighted by atomic mass is 32.1. The van der Waals surface area contributed by atoms with Crippen LogP contribution in [0.5, 0.6) is 0 Å². The molecule has 2 aromatic heterocycles. The van der Waals surface area contributed by atoms with Crippen LogP contribution < -0.4 is 16.6 Å². The highest BCUT2D eigenvalue weighted by molar-refractivity contribution is 7.15. The zero-order chi connectivity index (χ0) is 15.0. The van der Waals surface area contributed by atoms with Crippen molar-refractivity contribution in [3.05, 3.63) is 38.2 Å². The number of nitrogens with two attached hydrogens (primary N) is 1. The molecule has 21 heavy (non-hydrogen) atoms. The van der Waals surface area contributed by atoms with E-state index in [9.17, 15) is 9.59 Å². The first kappa shape index (κ1) is 13.7. The number of nitrogen functional groups attached to an aromatic ring is 1. The number of fused-ring (bicyclic) bond motifs is 1. The Morgan fingerprint density at radius 1 is 1.48 bits per heavy atom. The topological polar surface area (TPSA) is 114 Å². The lowest BCUT2D eigenvalue weighted by Gasteiger charge is -2.11. The number of carbonyl (C=O) groups is 1. The summed E-state index contributed by atoms with van der Waals surface area (Å²) in [4.78, 5) is 27.0. The Balaban J connectivity index is 1.81. The quantitative estimate of drug-likeness (QED) is 0.775. The number of pyridine rings is 1. The monoisotopic (exact) mass is 305 g/mol. The van der Waals surface area contributed by atoms with Crippen molar-refractivity contribution in [2.24, 2.45) is 0 Å². The van der Waals surface area contributed by atoms with E-state index in [1.165, 1.54) is 11.3 Å². The van der Waals surface area contributed by atoms with E-state index in [1.54, 1.807) is 13.0 Å². The van der Waals surface area contributed by atoms with Crippen LogP contribution in [0.3, 0.4) is 0 Å². The fourth-order valence-electron chi connectivity index (χ4n) is 2.44. The molecule has 110 valence electrons. The maximum absolute atomic E-state index is 12.2. The van der Waals surface area contributed by atoms with Crippen LogP contribution in [0.25, 0.3) is 0 Å². The third-order valence-corrected chi connectivity index (χ3v) is 4.44. The molecule has 0 fully saturated rings. The molecule has 0 aliphatic heterocycles. The van der Waals surface area contributed by atoms with Gasteiger partial charge in [0.05, 0.1) is 6.04 Å². The average Bonchev–Trinajstić information content (AvgIpc) is 3.05. The number of hydrogen-bond acceptors (Lipinski definition) is 6. The van der Waals surface area contributed by atoms with E-state index in [-0.39, 0.29) is 17.2 Å². The van der Waals surface area contributed by atoms with E-state index in [0.717, 1.165) is 30.5 Å². The molecule has 0 saturated heterocycles.